The number of methoxy groups -OCH3 is 1. The fourth-order valence-corrected chi connectivity index (χ4v) is 2.89. The molecule has 1 aromatic carbocycles. The van der Waals surface area contributed by atoms with E-state index in [0.717, 1.165) is 37.8 Å². The van der Waals surface area contributed by atoms with Gasteiger partial charge in [-0.05, 0) is 46.5 Å². The Kier molecular flexibility index (Phi) is 11.5. The Balaban J connectivity index is 2.42. The zero-order chi connectivity index (χ0) is 19.2. The lowest BCUT2D eigenvalue weighted by Gasteiger charge is -2.23. The normalized spacial score (nSPS) is 11.7. The fraction of sp³-hybridized carbons (Fsp3) is 0.667. The summed E-state index contributed by atoms with van der Waals surface area (Å²) >= 11 is 0. The first kappa shape index (κ1) is 22.3. The third kappa shape index (κ3) is 9.09. The molecule has 0 aromatic heterocycles. The molecule has 0 atom stereocenters. The summed E-state index contributed by atoms with van der Waals surface area (Å²) in [6.45, 7) is 5.83. The molecule has 0 spiro atoms. The fourth-order valence-electron chi connectivity index (χ4n) is 2.89. The van der Waals surface area contributed by atoms with E-state index in [4.69, 9.17) is 9.73 Å². The first-order valence-electron chi connectivity index (χ1n) is 9.84. The van der Waals surface area contributed by atoms with Crippen molar-refractivity contribution in [1.82, 2.24) is 15.1 Å². The average Bonchev–Trinajstić information content (AvgIpc) is 2.63. The Morgan fingerprint density at radius 1 is 1.04 bits per heavy atom. The Labute approximate surface area is 160 Å². The van der Waals surface area contributed by atoms with Crippen LogP contribution in [-0.2, 0) is 6.54 Å². The van der Waals surface area contributed by atoms with Gasteiger partial charge in [0.2, 0.25) is 0 Å². The summed E-state index contributed by atoms with van der Waals surface area (Å²) in [7, 11) is 8.07. The molecule has 0 amide bonds. The van der Waals surface area contributed by atoms with E-state index in [1.165, 1.54) is 37.8 Å². The van der Waals surface area contributed by atoms with Crippen LogP contribution in [0.25, 0.3) is 0 Å². The summed E-state index contributed by atoms with van der Waals surface area (Å²) in [5.41, 5.74) is 1.17. The molecule has 0 unspecified atom stereocenters. The van der Waals surface area contributed by atoms with Crippen LogP contribution >= 0.6 is 0 Å². The number of guanidine groups is 1. The molecule has 148 valence electrons. The second-order valence-electron chi connectivity index (χ2n) is 6.97. The van der Waals surface area contributed by atoms with E-state index in [0.29, 0.717) is 0 Å². The van der Waals surface area contributed by atoms with Gasteiger partial charge in [-0.15, -0.1) is 0 Å². The lowest BCUT2D eigenvalue weighted by Crippen LogP contribution is -2.38. The molecular formula is C21H38N4O. The predicted octanol–water partition coefficient (Wildman–Crippen LogP) is 3.60. The van der Waals surface area contributed by atoms with Gasteiger partial charge in [-0.2, -0.15) is 0 Å². The molecule has 0 bridgehead atoms. The van der Waals surface area contributed by atoms with Crippen molar-refractivity contribution >= 4 is 5.96 Å². The zero-order valence-corrected chi connectivity index (χ0v) is 17.4. The van der Waals surface area contributed by atoms with Crippen molar-refractivity contribution in [2.75, 3.05) is 47.9 Å². The number of rotatable bonds is 12. The Morgan fingerprint density at radius 2 is 1.73 bits per heavy atom. The van der Waals surface area contributed by atoms with Gasteiger partial charge in [0.05, 0.1) is 7.11 Å². The number of aliphatic imine (C=N–C) groups is 1. The van der Waals surface area contributed by atoms with Crippen LogP contribution in [0, 0.1) is 0 Å². The van der Waals surface area contributed by atoms with Crippen molar-refractivity contribution in [1.29, 1.82) is 0 Å². The highest BCUT2D eigenvalue weighted by molar-refractivity contribution is 5.79. The van der Waals surface area contributed by atoms with Crippen LogP contribution in [-0.4, -0.2) is 63.6 Å². The van der Waals surface area contributed by atoms with Crippen molar-refractivity contribution in [2.24, 2.45) is 4.99 Å². The summed E-state index contributed by atoms with van der Waals surface area (Å²) in [6, 6.07) is 8.16. The molecule has 1 aromatic rings. The number of benzene rings is 1. The monoisotopic (exact) mass is 362 g/mol. The topological polar surface area (TPSA) is 40.1 Å². The Morgan fingerprint density at radius 3 is 2.42 bits per heavy atom. The van der Waals surface area contributed by atoms with E-state index in [1.54, 1.807) is 7.11 Å². The molecule has 0 fully saturated rings. The maximum absolute atomic E-state index is 5.46. The lowest BCUT2D eigenvalue weighted by atomic mass is 10.1. The number of unbranched alkanes of at least 4 members (excludes halogenated alkanes) is 4. The maximum Gasteiger partial charge on any atom is 0.193 e. The number of hydrogen-bond acceptors (Lipinski definition) is 3. The van der Waals surface area contributed by atoms with Gasteiger partial charge < -0.3 is 19.9 Å². The first-order valence-corrected chi connectivity index (χ1v) is 9.84. The maximum atomic E-state index is 5.46. The van der Waals surface area contributed by atoms with Gasteiger partial charge in [0, 0.05) is 32.2 Å². The molecule has 0 saturated heterocycles. The standard InChI is InChI=1S/C21H38N4O/c1-6-22-21(23-16-12-8-7-9-13-17-24(2)3)25(4)18-19-14-10-11-15-20(19)26-5/h10-11,14-15H,6-9,12-13,16-18H2,1-5H3,(H,22,23). The summed E-state index contributed by atoms with van der Waals surface area (Å²) < 4.78 is 5.46. The van der Waals surface area contributed by atoms with Crippen LogP contribution in [0.15, 0.2) is 29.3 Å². The highest BCUT2D eigenvalue weighted by Gasteiger charge is 2.09. The summed E-state index contributed by atoms with van der Waals surface area (Å²) in [5, 5.41) is 3.39. The van der Waals surface area contributed by atoms with Crippen LogP contribution in [0.4, 0.5) is 0 Å². The average molecular weight is 363 g/mol. The molecule has 0 aliphatic heterocycles. The molecule has 5 heteroatoms. The predicted molar refractivity (Wildman–Crippen MR) is 112 cm³/mol. The quantitative estimate of drug-likeness (QED) is 0.350. The third-order valence-corrected chi connectivity index (χ3v) is 4.32. The van der Waals surface area contributed by atoms with Crippen molar-refractivity contribution < 1.29 is 4.74 Å². The molecule has 0 aliphatic rings. The largest absolute Gasteiger partial charge is 0.496 e. The van der Waals surface area contributed by atoms with Crippen molar-refractivity contribution in [3.05, 3.63) is 29.8 Å². The molecule has 0 aliphatic carbocycles. The van der Waals surface area contributed by atoms with Crippen molar-refractivity contribution in [3.8, 4) is 5.75 Å². The molecule has 0 saturated carbocycles. The number of hydrogen-bond donors (Lipinski definition) is 1. The van der Waals surface area contributed by atoms with Gasteiger partial charge in [-0.25, -0.2) is 0 Å². The molecule has 0 heterocycles. The number of ether oxygens (including phenoxy) is 1. The van der Waals surface area contributed by atoms with Gasteiger partial charge >= 0.3 is 0 Å². The van der Waals surface area contributed by atoms with Gasteiger partial charge in [0.1, 0.15) is 5.75 Å². The molecule has 5 nitrogen and oxygen atoms in total. The second-order valence-corrected chi connectivity index (χ2v) is 6.97. The minimum Gasteiger partial charge on any atom is -0.496 e. The smallest absolute Gasteiger partial charge is 0.193 e. The van der Waals surface area contributed by atoms with E-state index in [2.05, 4.69) is 49.2 Å². The van der Waals surface area contributed by atoms with Crippen molar-refractivity contribution in [3.63, 3.8) is 0 Å². The molecule has 1 rings (SSSR count). The first-order chi connectivity index (χ1) is 12.6. The molecular weight excluding hydrogens is 324 g/mol. The SMILES string of the molecule is CCNC(=NCCCCCCCN(C)C)N(C)Cc1ccccc1OC. The van der Waals surface area contributed by atoms with Gasteiger partial charge in [0.25, 0.3) is 0 Å². The highest BCUT2D eigenvalue weighted by atomic mass is 16.5. The summed E-state index contributed by atoms with van der Waals surface area (Å²) in [5.74, 6) is 1.89. The minimum atomic E-state index is 0.778. The molecule has 1 N–H and O–H groups in total. The van der Waals surface area contributed by atoms with Crippen LogP contribution in [0.2, 0.25) is 0 Å². The summed E-state index contributed by atoms with van der Waals surface area (Å²) in [4.78, 5) is 9.21. The van der Waals surface area contributed by atoms with Crippen molar-refractivity contribution in [2.45, 2.75) is 45.6 Å². The highest BCUT2D eigenvalue weighted by Crippen LogP contribution is 2.18. The lowest BCUT2D eigenvalue weighted by molar-refractivity contribution is 0.389. The molecule has 26 heavy (non-hydrogen) atoms. The van der Waals surface area contributed by atoms with E-state index >= 15 is 0 Å². The Hall–Kier alpha value is -1.75. The van der Waals surface area contributed by atoms with E-state index < -0.39 is 0 Å². The molecule has 0 radical (unpaired) electrons. The number of para-hydroxylation sites is 1. The van der Waals surface area contributed by atoms with Gasteiger partial charge in [0.15, 0.2) is 5.96 Å². The third-order valence-electron chi connectivity index (χ3n) is 4.32. The Bertz CT molecular complexity index is 516. The summed E-state index contributed by atoms with van der Waals surface area (Å²) in [6.07, 6.45) is 6.32. The second kappa shape index (κ2) is 13.5. The van der Waals surface area contributed by atoms with Crippen LogP contribution < -0.4 is 10.1 Å². The van der Waals surface area contributed by atoms with Gasteiger partial charge in [-0.3, -0.25) is 4.99 Å². The number of nitrogens with one attached hydrogen (secondary N) is 1. The van der Waals surface area contributed by atoms with E-state index in [-0.39, 0.29) is 0 Å². The van der Waals surface area contributed by atoms with E-state index in [1.807, 2.05) is 18.2 Å². The van der Waals surface area contributed by atoms with Crippen LogP contribution in [0.1, 0.15) is 44.6 Å². The number of nitrogens with zero attached hydrogens (tertiary/aromatic N) is 3. The van der Waals surface area contributed by atoms with Gasteiger partial charge in [-0.1, -0.05) is 37.5 Å². The van der Waals surface area contributed by atoms with E-state index in [9.17, 15) is 0 Å². The minimum absolute atomic E-state index is 0.778. The van der Waals surface area contributed by atoms with Crippen LogP contribution in [0.5, 0.6) is 5.75 Å². The zero-order valence-electron chi connectivity index (χ0n) is 17.4. The van der Waals surface area contributed by atoms with Crippen LogP contribution in [0.3, 0.4) is 0 Å².